The van der Waals surface area contributed by atoms with Crippen molar-refractivity contribution in [1.82, 2.24) is 20.0 Å². The van der Waals surface area contributed by atoms with E-state index >= 15 is 0 Å². The van der Waals surface area contributed by atoms with Crippen LogP contribution in [0.4, 0.5) is 0 Å². The van der Waals surface area contributed by atoms with Crippen molar-refractivity contribution in [2.24, 2.45) is 0 Å². The largest absolute Gasteiger partial charge is 0.338 e. The normalized spacial score (nSPS) is 17.7. The number of halogens is 1. The van der Waals surface area contributed by atoms with Gasteiger partial charge in [0.2, 0.25) is 11.7 Å². The van der Waals surface area contributed by atoms with Gasteiger partial charge in [-0.15, -0.1) is 11.3 Å². The van der Waals surface area contributed by atoms with E-state index in [1.54, 1.807) is 11.3 Å². The first-order chi connectivity index (χ1) is 13.3. The van der Waals surface area contributed by atoms with Crippen LogP contribution in [0.2, 0.25) is 0 Å². The molecule has 1 unspecified atom stereocenters. The van der Waals surface area contributed by atoms with E-state index in [4.69, 9.17) is 9.51 Å². The quantitative estimate of drug-likeness (QED) is 0.422. The van der Waals surface area contributed by atoms with Gasteiger partial charge in [-0.25, -0.2) is 4.98 Å². The molecule has 5 rings (SSSR count). The highest BCUT2D eigenvalue weighted by Gasteiger charge is 2.30. The molecule has 0 radical (unpaired) electrons. The summed E-state index contributed by atoms with van der Waals surface area (Å²) < 4.78 is 7.78. The summed E-state index contributed by atoms with van der Waals surface area (Å²) in [6.45, 7) is 1.68. The van der Waals surface area contributed by atoms with Crippen molar-refractivity contribution in [2.45, 2.75) is 25.4 Å². The molecule has 0 aliphatic carbocycles. The number of nitrogens with zero attached hydrogens (tertiary/aromatic N) is 4. The summed E-state index contributed by atoms with van der Waals surface area (Å²) in [4.78, 5) is 11.9. The minimum atomic E-state index is 0.323. The maximum atomic E-state index is 5.53. The Morgan fingerprint density at radius 3 is 2.96 bits per heavy atom. The van der Waals surface area contributed by atoms with E-state index < -0.39 is 0 Å². The summed E-state index contributed by atoms with van der Waals surface area (Å²) in [7, 11) is 0. The molecule has 1 fully saturated rings. The lowest BCUT2D eigenvalue weighted by atomic mass is 10.2. The predicted molar refractivity (Wildman–Crippen MR) is 109 cm³/mol. The minimum absolute atomic E-state index is 0.323. The van der Waals surface area contributed by atoms with Gasteiger partial charge in [-0.3, -0.25) is 4.90 Å². The van der Waals surface area contributed by atoms with Gasteiger partial charge >= 0.3 is 0 Å². The summed E-state index contributed by atoms with van der Waals surface area (Å²) in [6, 6.07) is 16.6. The molecule has 1 aliphatic rings. The van der Waals surface area contributed by atoms with Crippen LogP contribution in [0.15, 0.2) is 57.5 Å². The lowest BCUT2D eigenvalue weighted by molar-refractivity contribution is 0.212. The molecule has 3 heterocycles. The molecule has 1 aliphatic heterocycles. The van der Waals surface area contributed by atoms with E-state index in [-0.39, 0.29) is 0 Å². The van der Waals surface area contributed by atoms with Crippen molar-refractivity contribution in [2.75, 3.05) is 6.54 Å². The number of fused-ring (bicyclic) bond motifs is 1. The van der Waals surface area contributed by atoms with E-state index in [0.29, 0.717) is 24.3 Å². The molecule has 7 heteroatoms. The first-order valence-corrected chi connectivity index (χ1v) is 10.6. The van der Waals surface area contributed by atoms with Gasteiger partial charge in [0.1, 0.15) is 5.01 Å². The van der Waals surface area contributed by atoms with Crippen LogP contribution in [0.3, 0.4) is 0 Å². The maximum Gasteiger partial charge on any atom is 0.241 e. The second-order valence-corrected chi connectivity index (χ2v) is 8.65. The Balaban J connectivity index is 1.37. The average molecular weight is 441 g/mol. The van der Waals surface area contributed by atoms with Gasteiger partial charge in [-0.1, -0.05) is 45.4 Å². The second kappa shape index (κ2) is 7.14. The molecule has 0 bridgehead atoms. The van der Waals surface area contributed by atoms with Gasteiger partial charge < -0.3 is 4.52 Å². The summed E-state index contributed by atoms with van der Waals surface area (Å²) in [5.41, 5.74) is 2.03. The van der Waals surface area contributed by atoms with Crippen LogP contribution < -0.4 is 0 Å². The Hall–Kier alpha value is -2.09. The number of hydrogen-bond donors (Lipinski definition) is 0. The maximum absolute atomic E-state index is 5.53. The second-order valence-electron chi connectivity index (χ2n) is 6.67. The first kappa shape index (κ1) is 17.0. The van der Waals surface area contributed by atoms with E-state index in [1.165, 1.54) is 9.71 Å². The summed E-state index contributed by atoms with van der Waals surface area (Å²) in [5, 5.41) is 5.34. The number of thiazole rings is 1. The molecule has 2 aromatic carbocycles. The Morgan fingerprint density at radius 2 is 2.07 bits per heavy atom. The highest BCUT2D eigenvalue weighted by molar-refractivity contribution is 9.10. The third kappa shape index (κ3) is 3.42. The van der Waals surface area contributed by atoms with E-state index in [2.05, 4.69) is 49.2 Å². The smallest absolute Gasteiger partial charge is 0.241 e. The first-order valence-electron chi connectivity index (χ1n) is 8.94. The lowest BCUT2D eigenvalue weighted by Gasteiger charge is -2.20. The van der Waals surface area contributed by atoms with Gasteiger partial charge in [0.25, 0.3) is 0 Å². The van der Waals surface area contributed by atoms with Crippen LogP contribution in [0.25, 0.3) is 21.6 Å². The highest BCUT2D eigenvalue weighted by Crippen LogP contribution is 2.37. The molecule has 0 saturated carbocycles. The molecular formula is C20H17BrN4OS. The molecule has 2 aromatic heterocycles. The topological polar surface area (TPSA) is 55.1 Å². The minimum Gasteiger partial charge on any atom is -0.338 e. The zero-order chi connectivity index (χ0) is 18.2. The number of para-hydroxylation sites is 1. The zero-order valence-electron chi connectivity index (χ0n) is 14.5. The molecular weight excluding hydrogens is 424 g/mol. The number of rotatable bonds is 4. The van der Waals surface area contributed by atoms with Crippen LogP contribution in [0.1, 0.15) is 29.8 Å². The SMILES string of the molecule is Brc1cccc(-c2noc(CN3CCCC3c3nc4ccccc4s3)n2)c1. The molecule has 5 nitrogen and oxygen atoms in total. The summed E-state index contributed by atoms with van der Waals surface area (Å²) in [6.07, 6.45) is 2.28. The van der Waals surface area contributed by atoms with Gasteiger partial charge in [-0.05, 0) is 43.7 Å². The van der Waals surface area contributed by atoms with Crippen molar-refractivity contribution < 1.29 is 4.52 Å². The lowest BCUT2D eigenvalue weighted by Crippen LogP contribution is -2.22. The number of likely N-dealkylation sites (tertiary alicyclic amines) is 1. The van der Waals surface area contributed by atoms with Crippen molar-refractivity contribution >= 4 is 37.5 Å². The highest BCUT2D eigenvalue weighted by atomic mass is 79.9. The zero-order valence-corrected chi connectivity index (χ0v) is 16.9. The Bertz CT molecular complexity index is 1060. The monoisotopic (exact) mass is 440 g/mol. The Labute approximate surface area is 169 Å². The standard InChI is InChI=1S/C20H17BrN4OS/c21-14-6-3-5-13(11-14)19-23-18(26-24-19)12-25-10-4-8-16(25)20-22-15-7-1-2-9-17(15)27-20/h1-3,5-7,9,11,16H,4,8,10,12H2. The van der Waals surface area contributed by atoms with Crippen molar-refractivity contribution in [3.05, 3.63) is 63.9 Å². The molecule has 1 atom stereocenters. The van der Waals surface area contributed by atoms with Gasteiger partial charge in [0.15, 0.2) is 0 Å². The third-order valence-electron chi connectivity index (χ3n) is 4.85. The predicted octanol–water partition coefficient (Wildman–Crippen LogP) is 5.45. The number of hydrogen-bond acceptors (Lipinski definition) is 6. The molecule has 4 aromatic rings. The Kier molecular flexibility index (Phi) is 4.51. The molecule has 0 N–H and O–H groups in total. The van der Waals surface area contributed by atoms with E-state index in [0.717, 1.165) is 34.9 Å². The van der Waals surface area contributed by atoms with Gasteiger partial charge in [0, 0.05) is 10.0 Å². The van der Waals surface area contributed by atoms with Gasteiger partial charge in [0.05, 0.1) is 22.8 Å². The molecule has 0 spiro atoms. The van der Waals surface area contributed by atoms with Crippen LogP contribution in [-0.4, -0.2) is 26.6 Å². The fourth-order valence-corrected chi connectivity index (χ4v) is 5.10. The van der Waals surface area contributed by atoms with E-state index in [1.807, 2.05) is 30.3 Å². The number of benzene rings is 2. The van der Waals surface area contributed by atoms with Crippen LogP contribution in [0.5, 0.6) is 0 Å². The van der Waals surface area contributed by atoms with Crippen molar-refractivity contribution in [1.29, 1.82) is 0 Å². The van der Waals surface area contributed by atoms with Crippen LogP contribution in [0, 0.1) is 0 Å². The van der Waals surface area contributed by atoms with Crippen LogP contribution in [-0.2, 0) is 6.54 Å². The summed E-state index contributed by atoms with van der Waals surface area (Å²) >= 11 is 5.27. The van der Waals surface area contributed by atoms with E-state index in [9.17, 15) is 0 Å². The molecule has 1 saturated heterocycles. The summed E-state index contributed by atoms with van der Waals surface area (Å²) in [5.74, 6) is 1.28. The van der Waals surface area contributed by atoms with Crippen molar-refractivity contribution in [3.8, 4) is 11.4 Å². The fraction of sp³-hybridized carbons (Fsp3) is 0.250. The third-order valence-corrected chi connectivity index (χ3v) is 6.48. The molecule has 0 amide bonds. The molecule has 27 heavy (non-hydrogen) atoms. The van der Waals surface area contributed by atoms with Crippen molar-refractivity contribution in [3.63, 3.8) is 0 Å². The van der Waals surface area contributed by atoms with Crippen LogP contribution >= 0.6 is 27.3 Å². The average Bonchev–Trinajstić information content (AvgIpc) is 3.41. The Morgan fingerprint density at radius 1 is 1.15 bits per heavy atom. The fourth-order valence-electron chi connectivity index (χ4n) is 3.57. The number of aromatic nitrogens is 3. The molecule has 136 valence electrons. The van der Waals surface area contributed by atoms with Gasteiger partial charge in [-0.2, -0.15) is 4.98 Å².